The van der Waals surface area contributed by atoms with Crippen LogP contribution in [0.1, 0.15) is 10.5 Å². The Hall–Kier alpha value is -2.87. The number of pyridine rings is 1. The maximum atomic E-state index is 13.8. The number of amides is 1. The molecule has 0 unspecified atom stereocenters. The van der Waals surface area contributed by atoms with Crippen molar-refractivity contribution in [3.05, 3.63) is 53.6 Å². The quantitative estimate of drug-likeness (QED) is 0.780. The van der Waals surface area contributed by atoms with Crippen molar-refractivity contribution in [3.63, 3.8) is 0 Å². The van der Waals surface area contributed by atoms with Gasteiger partial charge in [0.05, 0.1) is 23.8 Å². The highest BCUT2D eigenvalue weighted by Gasteiger charge is 2.32. The standard InChI is InChI=1S/C18H14F3N3O2/c19-11-8-14-16(22-9-11)15(10-1-2-12(20)13(21)7-10)17-18(26)23(5-6-25)3-4-24(14)17/h1-2,7-9,25H,3-6H2. The van der Waals surface area contributed by atoms with Crippen LogP contribution >= 0.6 is 0 Å². The predicted octanol–water partition coefficient (Wildman–Crippen LogP) is 2.57. The lowest BCUT2D eigenvalue weighted by atomic mass is 10.0. The van der Waals surface area contributed by atoms with E-state index in [4.69, 9.17) is 5.11 Å². The van der Waals surface area contributed by atoms with Crippen LogP contribution < -0.4 is 0 Å². The van der Waals surface area contributed by atoms with Gasteiger partial charge in [-0.15, -0.1) is 0 Å². The Morgan fingerprint density at radius 3 is 2.65 bits per heavy atom. The molecule has 26 heavy (non-hydrogen) atoms. The molecule has 0 spiro atoms. The van der Waals surface area contributed by atoms with Crippen molar-refractivity contribution in [2.24, 2.45) is 0 Å². The van der Waals surface area contributed by atoms with Crippen molar-refractivity contribution in [3.8, 4) is 11.1 Å². The number of aliphatic hydroxyl groups is 1. The molecule has 0 fully saturated rings. The maximum Gasteiger partial charge on any atom is 0.271 e. The van der Waals surface area contributed by atoms with Crippen LogP contribution in [-0.4, -0.2) is 45.2 Å². The van der Waals surface area contributed by atoms with E-state index in [2.05, 4.69) is 4.98 Å². The van der Waals surface area contributed by atoms with Gasteiger partial charge in [-0.25, -0.2) is 13.2 Å². The van der Waals surface area contributed by atoms with Gasteiger partial charge in [0, 0.05) is 31.3 Å². The number of carbonyl (C=O) groups is 1. The topological polar surface area (TPSA) is 58.4 Å². The van der Waals surface area contributed by atoms with Crippen LogP contribution in [0.15, 0.2) is 30.5 Å². The molecule has 1 aliphatic heterocycles. The zero-order chi connectivity index (χ0) is 18.4. The molecule has 5 nitrogen and oxygen atoms in total. The van der Waals surface area contributed by atoms with Gasteiger partial charge >= 0.3 is 0 Å². The van der Waals surface area contributed by atoms with Crippen molar-refractivity contribution < 1.29 is 23.1 Å². The minimum atomic E-state index is -1.05. The van der Waals surface area contributed by atoms with Crippen LogP contribution in [0.5, 0.6) is 0 Å². The first-order valence-corrected chi connectivity index (χ1v) is 8.04. The average molecular weight is 361 g/mol. The summed E-state index contributed by atoms with van der Waals surface area (Å²) in [6.07, 6.45) is 1.02. The fourth-order valence-corrected chi connectivity index (χ4v) is 3.38. The number of carbonyl (C=O) groups excluding carboxylic acids is 1. The zero-order valence-electron chi connectivity index (χ0n) is 13.5. The van der Waals surface area contributed by atoms with Crippen molar-refractivity contribution in [1.29, 1.82) is 0 Å². The van der Waals surface area contributed by atoms with Crippen LogP contribution in [0.2, 0.25) is 0 Å². The lowest BCUT2D eigenvalue weighted by molar-refractivity contribution is 0.0672. The third kappa shape index (κ3) is 2.45. The van der Waals surface area contributed by atoms with E-state index in [-0.39, 0.29) is 30.3 Å². The first-order valence-electron chi connectivity index (χ1n) is 8.04. The van der Waals surface area contributed by atoms with E-state index in [1.807, 2.05) is 0 Å². The first kappa shape index (κ1) is 16.6. The summed E-state index contributed by atoms with van der Waals surface area (Å²) >= 11 is 0. The van der Waals surface area contributed by atoms with E-state index in [0.29, 0.717) is 29.7 Å². The molecule has 0 aliphatic carbocycles. The molecule has 1 aliphatic rings. The third-order valence-corrected chi connectivity index (χ3v) is 4.53. The Kier molecular flexibility index (Phi) is 3.91. The average Bonchev–Trinajstić information content (AvgIpc) is 2.94. The number of benzene rings is 1. The van der Waals surface area contributed by atoms with Crippen LogP contribution in [-0.2, 0) is 6.54 Å². The van der Waals surface area contributed by atoms with Crippen LogP contribution in [0.3, 0.4) is 0 Å². The molecule has 8 heteroatoms. The summed E-state index contributed by atoms with van der Waals surface area (Å²) in [7, 11) is 0. The smallest absolute Gasteiger partial charge is 0.271 e. The summed E-state index contributed by atoms with van der Waals surface area (Å²) in [5, 5.41) is 9.16. The van der Waals surface area contributed by atoms with Gasteiger partial charge in [0.2, 0.25) is 0 Å². The van der Waals surface area contributed by atoms with Gasteiger partial charge in [-0.2, -0.15) is 0 Å². The molecular formula is C18H14F3N3O2. The highest BCUT2D eigenvalue weighted by Crippen LogP contribution is 2.36. The van der Waals surface area contributed by atoms with Gasteiger partial charge in [0.15, 0.2) is 11.6 Å². The molecule has 0 atom stereocenters. The number of rotatable bonds is 3. The second-order valence-corrected chi connectivity index (χ2v) is 6.04. The zero-order valence-corrected chi connectivity index (χ0v) is 13.5. The lowest BCUT2D eigenvalue weighted by Crippen LogP contribution is -2.41. The SMILES string of the molecule is O=C1c2c(-c3ccc(F)c(F)c3)c3ncc(F)cc3n2CCN1CCO. The monoisotopic (exact) mass is 361 g/mol. The van der Waals surface area contributed by atoms with E-state index >= 15 is 0 Å². The fraction of sp³-hybridized carbons (Fsp3) is 0.222. The van der Waals surface area contributed by atoms with Gasteiger partial charge < -0.3 is 14.6 Å². The summed E-state index contributed by atoms with van der Waals surface area (Å²) < 4.78 is 42.5. The second kappa shape index (κ2) is 6.14. The summed E-state index contributed by atoms with van der Waals surface area (Å²) in [6, 6.07) is 4.60. The predicted molar refractivity (Wildman–Crippen MR) is 88.0 cm³/mol. The number of hydrogen-bond acceptors (Lipinski definition) is 3. The van der Waals surface area contributed by atoms with Gasteiger partial charge in [0.25, 0.3) is 5.91 Å². The third-order valence-electron chi connectivity index (χ3n) is 4.53. The minimum absolute atomic E-state index is 0.152. The van der Waals surface area contributed by atoms with E-state index < -0.39 is 17.5 Å². The molecule has 1 amide bonds. The molecule has 4 rings (SSSR count). The van der Waals surface area contributed by atoms with Crippen LogP contribution in [0, 0.1) is 17.5 Å². The normalized spacial score (nSPS) is 14.2. The number of aliphatic hydroxyl groups excluding tert-OH is 1. The molecule has 3 heterocycles. The highest BCUT2D eigenvalue weighted by atomic mass is 19.2. The van der Waals surface area contributed by atoms with Crippen molar-refractivity contribution in [2.75, 3.05) is 19.7 Å². The number of halogens is 3. The van der Waals surface area contributed by atoms with Gasteiger partial charge in [-0.1, -0.05) is 6.07 Å². The first-order chi connectivity index (χ1) is 12.5. The maximum absolute atomic E-state index is 13.8. The second-order valence-electron chi connectivity index (χ2n) is 6.04. The Bertz CT molecular complexity index is 1030. The molecule has 0 radical (unpaired) electrons. The summed E-state index contributed by atoms with van der Waals surface area (Å²) in [5.41, 5.74) is 1.58. The minimum Gasteiger partial charge on any atom is -0.395 e. The molecule has 0 saturated heterocycles. The van der Waals surface area contributed by atoms with E-state index in [0.717, 1.165) is 18.3 Å². The Morgan fingerprint density at radius 2 is 1.92 bits per heavy atom. The van der Waals surface area contributed by atoms with Gasteiger partial charge in [-0.05, 0) is 17.7 Å². The number of fused-ring (bicyclic) bond motifs is 3. The molecule has 3 aromatic rings. The number of hydrogen-bond donors (Lipinski definition) is 1. The Labute approximate surface area is 146 Å². The Balaban J connectivity index is 2.02. The summed E-state index contributed by atoms with van der Waals surface area (Å²) in [5.74, 6) is -2.98. The molecule has 0 saturated carbocycles. The van der Waals surface area contributed by atoms with E-state index in [1.165, 1.54) is 17.0 Å². The van der Waals surface area contributed by atoms with Crippen molar-refractivity contribution in [2.45, 2.75) is 6.54 Å². The Morgan fingerprint density at radius 1 is 1.12 bits per heavy atom. The molecule has 2 aromatic heterocycles. The summed E-state index contributed by atoms with van der Waals surface area (Å²) in [6.45, 7) is 0.689. The molecular weight excluding hydrogens is 347 g/mol. The van der Waals surface area contributed by atoms with Crippen LogP contribution in [0.4, 0.5) is 13.2 Å². The highest BCUT2D eigenvalue weighted by molar-refractivity contribution is 6.09. The largest absolute Gasteiger partial charge is 0.395 e. The van der Waals surface area contributed by atoms with Crippen molar-refractivity contribution >= 4 is 16.9 Å². The van der Waals surface area contributed by atoms with Gasteiger partial charge in [-0.3, -0.25) is 9.78 Å². The molecule has 1 aromatic carbocycles. The van der Waals surface area contributed by atoms with Crippen LogP contribution in [0.25, 0.3) is 22.2 Å². The summed E-state index contributed by atoms with van der Waals surface area (Å²) in [4.78, 5) is 18.5. The van der Waals surface area contributed by atoms with Gasteiger partial charge in [0.1, 0.15) is 11.5 Å². The lowest BCUT2D eigenvalue weighted by Gasteiger charge is -2.28. The van der Waals surface area contributed by atoms with Crippen molar-refractivity contribution in [1.82, 2.24) is 14.5 Å². The number of aromatic nitrogens is 2. The van der Waals surface area contributed by atoms with E-state index in [1.54, 1.807) is 4.57 Å². The number of nitrogens with zero attached hydrogens (tertiary/aromatic N) is 3. The molecule has 0 bridgehead atoms. The van der Waals surface area contributed by atoms with E-state index in [9.17, 15) is 18.0 Å². The molecule has 134 valence electrons. The fourth-order valence-electron chi connectivity index (χ4n) is 3.38. The number of β-amino-alcohol motifs (C(OH)–C–C–N with tert-alkyl or cyclic N) is 1. The molecule has 1 N–H and O–H groups in total.